The Hall–Kier alpha value is -1.07. The molecule has 1 unspecified atom stereocenters. The number of benzene rings is 1. The molecular formula is C9H13NO3S. The molecule has 0 fully saturated rings. The monoisotopic (exact) mass is 215 g/mol. The van der Waals surface area contributed by atoms with Crippen molar-refractivity contribution in [1.82, 2.24) is 0 Å². The molecule has 0 aromatic heterocycles. The molecule has 78 valence electrons. The smallest absolute Gasteiger partial charge is 0.140 e. The van der Waals surface area contributed by atoms with E-state index in [-0.39, 0.29) is 0 Å². The van der Waals surface area contributed by atoms with Gasteiger partial charge in [-0.2, -0.15) is 0 Å². The van der Waals surface area contributed by atoms with E-state index in [0.29, 0.717) is 16.4 Å². The zero-order valence-electron chi connectivity index (χ0n) is 8.37. The van der Waals surface area contributed by atoms with E-state index in [4.69, 9.17) is 14.6 Å². The van der Waals surface area contributed by atoms with Crippen LogP contribution in [0.5, 0.6) is 11.5 Å². The fraction of sp³-hybridized carbons (Fsp3) is 0.333. The summed E-state index contributed by atoms with van der Waals surface area (Å²) in [5, 5.41) is 5.33. The highest BCUT2D eigenvalue weighted by molar-refractivity contribution is 7.83. The largest absolute Gasteiger partial charge is 0.495 e. The van der Waals surface area contributed by atoms with Crippen molar-refractivity contribution in [1.29, 1.82) is 0 Å². The van der Waals surface area contributed by atoms with Gasteiger partial charge in [-0.3, -0.25) is 0 Å². The van der Waals surface area contributed by atoms with E-state index in [1.54, 1.807) is 12.1 Å². The predicted molar refractivity (Wildman–Crippen MR) is 54.9 cm³/mol. The molecule has 0 saturated heterocycles. The molecule has 1 rings (SSSR count). The highest BCUT2D eigenvalue weighted by Gasteiger charge is 2.14. The minimum atomic E-state index is -1.61. The van der Waals surface area contributed by atoms with Crippen LogP contribution in [0.1, 0.15) is 5.56 Å². The SMILES string of the molecule is COc1cc(C)cc(OC)c1S(N)=O. The lowest BCUT2D eigenvalue weighted by Crippen LogP contribution is -2.07. The fourth-order valence-electron chi connectivity index (χ4n) is 1.21. The van der Waals surface area contributed by atoms with E-state index < -0.39 is 11.0 Å². The summed E-state index contributed by atoms with van der Waals surface area (Å²) < 4.78 is 21.4. The molecule has 0 radical (unpaired) electrons. The Labute approximate surface area is 85.6 Å². The average Bonchev–Trinajstić information content (AvgIpc) is 2.15. The van der Waals surface area contributed by atoms with Crippen molar-refractivity contribution in [3.63, 3.8) is 0 Å². The molecule has 0 amide bonds. The third-order valence-corrected chi connectivity index (χ3v) is 2.61. The molecule has 0 aliphatic carbocycles. The summed E-state index contributed by atoms with van der Waals surface area (Å²) >= 11 is 0. The van der Waals surface area contributed by atoms with E-state index in [1.807, 2.05) is 6.92 Å². The van der Waals surface area contributed by atoms with E-state index in [2.05, 4.69) is 0 Å². The molecule has 0 heterocycles. The highest BCUT2D eigenvalue weighted by Crippen LogP contribution is 2.31. The Morgan fingerprint density at radius 3 is 1.93 bits per heavy atom. The van der Waals surface area contributed by atoms with Gasteiger partial charge >= 0.3 is 0 Å². The summed E-state index contributed by atoms with van der Waals surface area (Å²) in [5.41, 5.74) is 0.966. The number of rotatable bonds is 3. The van der Waals surface area contributed by atoms with Crippen molar-refractivity contribution in [3.8, 4) is 11.5 Å². The van der Waals surface area contributed by atoms with Gasteiger partial charge in [-0.15, -0.1) is 0 Å². The summed E-state index contributed by atoms with van der Waals surface area (Å²) in [5.74, 6) is 0.977. The molecule has 0 spiro atoms. The Morgan fingerprint density at radius 2 is 1.64 bits per heavy atom. The number of hydrogen-bond acceptors (Lipinski definition) is 3. The summed E-state index contributed by atoms with van der Waals surface area (Å²) in [7, 11) is 1.40. The molecule has 0 aliphatic heterocycles. The van der Waals surface area contributed by atoms with E-state index in [0.717, 1.165) is 5.56 Å². The Morgan fingerprint density at radius 1 is 1.21 bits per heavy atom. The van der Waals surface area contributed by atoms with Gasteiger partial charge in [0.15, 0.2) is 0 Å². The molecule has 14 heavy (non-hydrogen) atoms. The van der Waals surface area contributed by atoms with E-state index >= 15 is 0 Å². The maximum atomic E-state index is 11.2. The van der Waals surface area contributed by atoms with Crippen molar-refractivity contribution in [3.05, 3.63) is 17.7 Å². The molecule has 4 nitrogen and oxygen atoms in total. The highest BCUT2D eigenvalue weighted by atomic mass is 32.2. The van der Waals surface area contributed by atoms with Crippen LogP contribution in [-0.2, 0) is 11.0 Å². The second kappa shape index (κ2) is 4.43. The fourth-order valence-corrected chi connectivity index (χ4v) is 1.89. The summed E-state index contributed by atoms with van der Waals surface area (Å²) in [4.78, 5) is 0.389. The van der Waals surface area contributed by atoms with Crippen molar-refractivity contribution in [2.24, 2.45) is 5.14 Å². The lowest BCUT2D eigenvalue weighted by atomic mass is 10.2. The molecule has 2 N–H and O–H groups in total. The molecular weight excluding hydrogens is 202 g/mol. The van der Waals surface area contributed by atoms with Crippen molar-refractivity contribution in [2.45, 2.75) is 11.8 Å². The molecule has 1 atom stereocenters. The number of aryl methyl sites for hydroxylation is 1. The van der Waals surface area contributed by atoms with Crippen molar-refractivity contribution >= 4 is 11.0 Å². The van der Waals surface area contributed by atoms with Crippen LogP contribution in [0.15, 0.2) is 17.0 Å². The van der Waals surface area contributed by atoms with Gasteiger partial charge in [-0.25, -0.2) is 9.35 Å². The third kappa shape index (κ3) is 2.05. The number of methoxy groups -OCH3 is 2. The number of nitrogens with two attached hydrogens (primary N) is 1. The second-order valence-electron chi connectivity index (χ2n) is 2.80. The van der Waals surface area contributed by atoms with Crippen LogP contribution in [0.3, 0.4) is 0 Å². The normalized spacial score (nSPS) is 12.3. The van der Waals surface area contributed by atoms with Gasteiger partial charge in [-0.05, 0) is 24.6 Å². The first-order valence-electron chi connectivity index (χ1n) is 3.99. The maximum Gasteiger partial charge on any atom is 0.140 e. The van der Waals surface area contributed by atoms with Gasteiger partial charge in [0.2, 0.25) is 0 Å². The molecule has 1 aromatic rings. The molecule has 5 heteroatoms. The summed E-state index contributed by atoms with van der Waals surface area (Å²) in [6.45, 7) is 1.90. The van der Waals surface area contributed by atoms with Crippen molar-refractivity contribution in [2.75, 3.05) is 14.2 Å². The maximum absolute atomic E-state index is 11.2. The lowest BCUT2D eigenvalue weighted by molar-refractivity contribution is 0.374. The molecule has 0 saturated carbocycles. The zero-order valence-corrected chi connectivity index (χ0v) is 9.18. The van der Waals surface area contributed by atoms with E-state index in [1.165, 1.54) is 14.2 Å². The van der Waals surface area contributed by atoms with Crippen LogP contribution in [0, 0.1) is 6.92 Å². The minimum Gasteiger partial charge on any atom is -0.495 e. The number of hydrogen-bond donors (Lipinski definition) is 1. The van der Waals surface area contributed by atoms with Gasteiger partial charge in [0.05, 0.1) is 14.2 Å². The Kier molecular flexibility index (Phi) is 3.49. The lowest BCUT2D eigenvalue weighted by Gasteiger charge is -2.11. The molecule has 1 aromatic carbocycles. The van der Waals surface area contributed by atoms with Crippen LogP contribution < -0.4 is 14.6 Å². The average molecular weight is 215 g/mol. The quantitative estimate of drug-likeness (QED) is 0.818. The Balaban J connectivity index is 3.40. The van der Waals surface area contributed by atoms with Crippen LogP contribution in [0.4, 0.5) is 0 Å². The first-order valence-corrected chi connectivity index (χ1v) is 5.20. The topological polar surface area (TPSA) is 61.6 Å². The third-order valence-electron chi connectivity index (χ3n) is 1.81. The Bertz CT molecular complexity index is 340. The van der Waals surface area contributed by atoms with Crippen LogP contribution >= 0.6 is 0 Å². The van der Waals surface area contributed by atoms with Gasteiger partial charge in [-0.1, -0.05) is 0 Å². The standard InChI is InChI=1S/C9H13NO3S/c1-6-4-7(12-2)9(14(10)11)8(5-6)13-3/h4-5H,10H2,1-3H3. The van der Waals surface area contributed by atoms with Crippen LogP contribution in [0.25, 0.3) is 0 Å². The molecule has 0 bridgehead atoms. The summed E-state index contributed by atoms with van der Waals surface area (Å²) in [6.07, 6.45) is 0. The predicted octanol–water partition coefficient (Wildman–Crippen LogP) is 0.994. The van der Waals surface area contributed by atoms with Gasteiger partial charge in [0, 0.05) is 0 Å². The second-order valence-corrected chi connectivity index (χ2v) is 3.80. The van der Waals surface area contributed by atoms with Crippen molar-refractivity contribution < 1.29 is 13.7 Å². The van der Waals surface area contributed by atoms with Gasteiger partial charge in [0.1, 0.15) is 27.4 Å². The van der Waals surface area contributed by atoms with Crippen LogP contribution in [0.2, 0.25) is 0 Å². The minimum absolute atomic E-state index is 0.389. The zero-order chi connectivity index (χ0) is 10.7. The van der Waals surface area contributed by atoms with E-state index in [9.17, 15) is 4.21 Å². The number of ether oxygens (including phenoxy) is 2. The molecule has 0 aliphatic rings. The van der Waals surface area contributed by atoms with Gasteiger partial charge in [0.25, 0.3) is 0 Å². The summed E-state index contributed by atoms with van der Waals surface area (Å²) in [6, 6.07) is 3.53. The first kappa shape index (κ1) is 11.0. The van der Waals surface area contributed by atoms with Crippen LogP contribution in [-0.4, -0.2) is 18.4 Å². The first-order chi connectivity index (χ1) is 6.60. The van der Waals surface area contributed by atoms with Gasteiger partial charge < -0.3 is 9.47 Å².